The molecule has 0 bridgehead atoms. The van der Waals surface area contributed by atoms with Crippen LogP contribution in [0.3, 0.4) is 0 Å². The van der Waals surface area contributed by atoms with Crippen LogP contribution in [0, 0.1) is 0 Å². The minimum Gasteiger partial charge on any atom is -0.357 e. The molecule has 1 radical (unpaired) electrons. The molecule has 3 nitrogen and oxygen atoms in total. The van der Waals surface area contributed by atoms with Crippen LogP contribution >= 0.6 is 0 Å². The highest BCUT2D eigenvalue weighted by atomic mass is 16.5. The van der Waals surface area contributed by atoms with Crippen molar-refractivity contribution in [1.29, 1.82) is 0 Å². The van der Waals surface area contributed by atoms with Crippen LogP contribution in [0.2, 0.25) is 0 Å². The number of nitrogens with zero attached hydrogens (tertiary/aromatic N) is 1. The SMILES string of the molecule is COC1(c2ccccc2)CNCC[N]1. The van der Waals surface area contributed by atoms with Crippen LogP contribution in [0.5, 0.6) is 0 Å². The maximum atomic E-state index is 5.54. The van der Waals surface area contributed by atoms with Gasteiger partial charge in [0.25, 0.3) is 0 Å². The van der Waals surface area contributed by atoms with Crippen LogP contribution in [0.4, 0.5) is 0 Å². The van der Waals surface area contributed by atoms with Gasteiger partial charge in [-0.25, -0.2) is 5.32 Å². The van der Waals surface area contributed by atoms with Gasteiger partial charge < -0.3 is 10.1 Å². The monoisotopic (exact) mass is 191 g/mol. The fraction of sp³-hybridized carbons (Fsp3) is 0.455. The summed E-state index contributed by atoms with van der Waals surface area (Å²) in [6.07, 6.45) is 0. The normalized spacial score (nSPS) is 27.5. The molecule has 0 saturated carbocycles. The van der Waals surface area contributed by atoms with Crippen molar-refractivity contribution in [3.8, 4) is 0 Å². The number of nitrogens with one attached hydrogen (secondary N) is 1. The van der Waals surface area contributed by atoms with E-state index in [1.54, 1.807) is 7.11 Å². The zero-order valence-electron chi connectivity index (χ0n) is 8.36. The Morgan fingerprint density at radius 3 is 2.71 bits per heavy atom. The van der Waals surface area contributed by atoms with E-state index in [0.717, 1.165) is 25.2 Å². The van der Waals surface area contributed by atoms with Gasteiger partial charge in [0.15, 0.2) is 5.72 Å². The van der Waals surface area contributed by atoms with Gasteiger partial charge in [-0.05, 0) is 0 Å². The minimum absolute atomic E-state index is 0.473. The van der Waals surface area contributed by atoms with E-state index in [4.69, 9.17) is 4.74 Å². The molecule has 1 aliphatic heterocycles. The first-order chi connectivity index (χ1) is 6.87. The second kappa shape index (κ2) is 4.09. The first-order valence-corrected chi connectivity index (χ1v) is 4.87. The molecule has 0 aromatic heterocycles. The van der Waals surface area contributed by atoms with Gasteiger partial charge in [0, 0.05) is 32.3 Å². The summed E-state index contributed by atoms with van der Waals surface area (Å²) in [4.78, 5) is 0. The zero-order valence-corrected chi connectivity index (χ0v) is 8.36. The minimum atomic E-state index is -0.473. The van der Waals surface area contributed by atoms with E-state index in [0.29, 0.717) is 0 Å². The number of ether oxygens (including phenoxy) is 1. The van der Waals surface area contributed by atoms with E-state index in [-0.39, 0.29) is 0 Å². The maximum absolute atomic E-state index is 5.54. The van der Waals surface area contributed by atoms with Gasteiger partial charge >= 0.3 is 0 Å². The number of piperazine rings is 1. The van der Waals surface area contributed by atoms with Crippen molar-refractivity contribution in [2.75, 3.05) is 26.7 Å². The van der Waals surface area contributed by atoms with E-state index in [1.165, 1.54) is 0 Å². The van der Waals surface area contributed by atoms with E-state index in [2.05, 4.69) is 22.8 Å². The summed E-state index contributed by atoms with van der Waals surface area (Å²) in [5.74, 6) is 0. The summed E-state index contributed by atoms with van der Waals surface area (Å²) in [6.45, 7) is 2.51. The quantitative estimate of drug-likeness (QED) is 0.746. The van der Waals surface area contributed by atoms with Gasteiger partial charge in [0.1, 0.15) is 0 Å². The molecule has 0 spiro atoms. The molecular formula is C11H15N2O. The molecule has 0 amide bonds. The van der Waals surface area contributed by atoms with Crippen LogP contribution in [0.1, 0.15) is 5.56 Å². The fourth-order valence-electron chi connectivity index (χ4n) is 1.78. The van der Waals surface area contributed by atoms with Gasteiger partial charge in [-0.1, -0.05) is 30.3 Å². The lowest BCUT2D eigenvalue weighted by molar-refractivity contribution is -0.0572. The molecular weight excluding hydrogens is 176 g/mol. The highest BCUT2D eigenvalue weighted by Crippen LogP contribution is 2.23. The summed E-state index contributed by atoms with van der Waals surface area (Å²) in [6, 6.07) is 10.1. The summed E-state index contributed by atoms with van der Waals surface area (Å²) < 4.78 is 5.54. The third-order valence-corrected chi connectivity index (χ3v) is 2.58. The predicted octanol–water partition coefficient (Wildman–Crippen LogP) is 0.693. The Kier molecular flexibility index (Phi) is 2.82. The van der Waals surface area contributed by atoms with Gasteiger partial charge in [-0.15, -0.1) is 0 Å². The second-order valence-corrected chi connectivity index (χ2v) is 3.41. The van der Waals surface area contributed by atoms with Crippen LogP contribution in [-0.4, -0.2) is 26.7 Å². The molecule has 1 fully saturated rings. The summed E-state index contributed by atoms with van der Waals surface area (Å²) in [5.41, 5.74) is 0.647. The number of hydrogen-bond donors (Lipinski definition) is 1. The Morgan fingerprint density at radius 2 is 2.14 bits per heavy atom. The van der Waals surface area contributed by atoms with Gasteiger partial charge in [-0.3, -0.25) is 0 Å². The van der Waals surface area contributed by atoms with Gasteiger partial charge in [-0.2, -0.15) is 0 Å². The predicted molar refractivity (Wildman–Crippen MR) is 55.0 cm³/mol. The van der Waals surface area contributed by atoms with Crippen molar-refractivity contribution < 1.29 is 4.74 Å². The molecule has 1 saturated heterocycles. The molecule has 1 aromatic rings. The van der Waals surface area contributed by atoms with Crippen LogP contribution in [0.15, 0.2) is 30.3 Å². The lowest BCUT2D eigenvalue weighted by Crippen LogP contribution is -2.54. The molecule has 1 unspecified atom stereocenters. The second-order valence-electron chi connectivity index (χ2n) is 3.41. The molecule has 14 heavy (non-hydrogen) atoms. The molecule has 75 valence electrons. The molecule has 1 atom stereocenters. The summed E-state index contributed by atoms with van der Waals surface area (Å²) in [5, 5.41) is 7.87. The Balaban J connectivity index is 2.27. The first kappa shape index (κ1) is 9.65. The van der Waals surface area contributed by atoms with Crippen LogP contribution < -0.4 is 10.6 Å². The van der Waals surface area contributed by atoms with Crippen molar-refractivity contribution in [3.63, 3.8) is 0 Å². The molecule has 1 N–H and O–H groups in total. The average Bonchev–Trinajstić information content (AvgIpc) is 2.31. The van der Waals surface area contributed by atoms with Crippen molar-refractivity contribution in [1.82, 2.24) is 10.6 Å². The molecule has 0 aliphatic carbocycles. The number of rotatable bonds is 2. The Labute approximate surface area is 84.5 Å². The van der Waals surface area contributed by atoms with Gasteiger partial charge in [0.2, 0.25) is 0 Å². The van der Waals surface area contributed by atoms with E-state index in [1.807, 2.05) is 18.2 Å². The van der Waals surface area contributed by atoms with Crippen molar-refractivity contribution in [3.05, 3.63) is 35.9 Å². The lowest BCUT2D eigenvalue weighted by atomic mass is 10.0. The average molecular weight is 191 g/mol. The van der Waals surface area contributed by atoms with E-state index >= 15 is 0 Å². The van der Waals surface area contributed by atoms with E-state index in [9.17, 15) is 0 Å². The molecule has 2 rings (SSSR count). The molecule has 3 heteroatoms. The highest BCUT2D eigenvalue weighted by molar-refractivity contribution is 5.23. The highest BCUT2D eigenvalue weighted by Gasteiger charge is 2.34. The van der Waals surface area contributed by atoms with Crippen molar-refractivity contribution >= 4 is 0 Å². The summed E-state index contributed by atoms with van der Waals surface area (Å²) >= 11 is 0. The number of methoxy groups -OCH3 is 1. The smallest absolute Gasteiger partial charge is 0.172 e. The maximum Gasteiger partial charge on any atom is 0.172 e. The molecule has 1 aliphatic rings. The number of hydrogen-bond acceptors (Lipinski definition) is 2. The Hall–Kier alpha value is -0.900. The fourth-order valence-corrected chi connectivity index (χ4v) is 1.78. The van der Waals surface area contributed by atoms with Crippen molar-refractivity contribution in [2.45, 2.75) is 5.72 Å². The molecule has 1 heterocycles. The zero-order chi connectivity index (χ0) is 9.86. The number of benzene rings is 1. The lowest BCUT2D eigenvalue weighted by Gasteiger charge is -2.36. The Morgan fingerprint density at radius 1 is 1.36 bits per heavy atom. The third-order valence-electron chi connectivity index (χ3n) is 2.58. The topological polar surface area (TPSA) is 35.4 Å². The van der Waals surface area contributed by atoms with E-state index < -0.39 is 5.72 Å². The molecule has 1 aromatic carbocycles. The first-order valence-electron chi connectivity index (χ1n) is 4.87. The van der Waals surface area contributed by atoms with Crippen molar-refractivity contribution in [2.24, 2.45) is 0 Å². The van der Waals surface area contributed by atoms with Gasteiger partial charge in [0.05, 0.1) is 0 Å². The van der Waals surface area contributed by atoms with Crippen LogP contribution in [-0.2, 0) is 10.5 Å². The summed E-state index contributed by atoms with van der Waals surface area (Å²) in [7, 11) is 1.71. The van der Waals surface area contributed by atoms with Crippen LogP contribution in [0.25, 0.3) is 0 Å². The standard InChI is InChI=1S/C11H15N2O/c1-14-11(9-12-7-8-13-11)10-5-3-2-4-6-10/h2-6,12H,7-9H2,1H3. The Bertz CT molecular complexity index is 281. The largest absolute Gasteiger partial charge is 0.357 e. The third kappa shape index (κ3) is 1.66.